The molecule has 3 heterocycles. The Kier molecular flexibility index (Phi) is 7.82. The number of aliphatic hydroxyl groups is 1. The summed E-state index contributed by atoms with van der Waals surface area (Å²) in [6, 6.07) is 0. The Bertz CT molecular complexity index is 892. The normalized spacial score (nSPS) is 35.4. The Balaban J connectivity index is 1.94. The molecule has 0 saturated carbocycles. The van der Waals surface area contributed by atoms with Crippen LogP contribution < -0.4 is 0 Å². The van der Waals surface area contributed by atoms with E-state index in [4.69, 9.17) is 23.7 Å². The maximum Gasteiger partial charge on any atom is 0.337 e. The summed E-state index contributed by atoms with van der Waals surface area (Å²) in [6.45, 7) is 9.28. The van der Waals surface area contributed by atoms with Crippen LogP contribution in [0.25, 0.3) is 0 Å². The molecule has 0 aromatic rings. The van der Waals surface area contributed by atoms with Gasteiger partial charge in [-0.15, -0.1) is 0 Å². The van der Waals surface area contributed by atoms with Gasteiger partial charge in [0.15, 0.2) is 0 Å². The average molecular weight is 481 g/mol. The van der Waals surface area contributed by atoms with Crippen molar-refractivity contribution in [3.63, 3.8) is 0 Å². The van der Waals surface area contributed by atoms with E-state index in [2.05, 4.69) is 6.58 Å². The van der Waals surface area contributed by atoms with Gasteiger partial charge in [0.2, 0.25) is 0 Å². The van der Waals surface area contributed by atoms with E-state index >= 15 is 0 Å². The minimum atomic E-state index is -0.893. The first-order chi connectivity index (χ1) is 16.0. The van der Waals surface area contributed by atoms with Crippen LogP contribution in [0.5, 0.6) is 0 Å². The second-order valence-corrected chi connectivity index (χ2v) is 9.23. The highest BCUT2D eigenvalue weighted by atomic mass is 16.6. The predicted molar refractivity (Wildman–Crippen MR) is 116 cm³/mol. The third kappa shape index (κ3) is 5.33. The highest BCUT2D eigenvalue weighted by molar-refractivity contribution is 5.92. The Labute approximate surface area is 198 Å². The maximum atomic E-state index is 12.9. The van der Waals surface area contributed by atoms with Gasteiger partial charge in [-0.3, -0.25) is 9.59 Å². The smallest absolute Gasteiger partial charge is 0.337 e. The quantitative estimate of drug-likeness (QED) is 0.337. The van der Waals surface area contributed by atoms with Crippen molar-refractivity contribution in [2.24, 2.45) is 11.8 Å². The molecule has 3 rings (SSSR count). The van der Waals surface area contributed by atoms with Crippen LogP contribution in [0.2, 0.25) is 0 Å². The van der Waals surface area contributed by atoms with Crippen LogP contribution in [0.1, 0.15) is 47.0 Å². The molecule has 10 nitrogen and oxygen atoms in total. The highest BCUT2D eigenvalue weighted by Gasteiger charge is 2.58. The molecule has 3 aliphatic heterocycles. The minimum Gasteiger partial charge on any atom is -0.462 e. The zero-order valence-electron chi connectivity index (χ0n) is 19.9. The first kappa shape index (κ1) is 25.9. The van der Waals surface area contributed by atoms with Crippen LogP contribution in [0, 0.1) is 11.8 Å². The molecule has 1 N–H and O–H groups in total. The molecule has 3 saturated heterocycles. The second-order valence-electron chi connectivity index (χ2n) is 9.23. The van der Waals surface area contributed by atoms with E-state index in [9.17, 15) is 24.3 Å². The molecule has 0 radical (unpaired) electrons. The van der Waals surface area contributed by atoms with Crippen molar-refractivity contribution in [3.8, 4) is 0 Å². The number of carbonyl (C=O) groups is 4. The summed E-state index contributed by atoms with van der Waals surface area (Å²) >= 11 is 0. The lowest BCUT2D eigenvalue weighted by atomic mass is 9.78. The zero-order valence-corrected chi connectivity index (χ0v) is 19.9. The van der Waals surface area contributed by atoms with E-state index < -0.39 is 65.7 Å². The third-order valence-electron chi connectivity index (χ3n) is 6.72. The predicted octanol–water partition coefficient (Wildman–Crippen LogP) is 1.39. The van der Waals surface area contributed by atoms with Crippen LogP contribution in [-0.4, -0.2) is 72.2 Å². The molecule has 34 heavy (non-hydrogen) atoms. The van der Waals surface area contributed by atoms with Crippen molar-refractivity contribution in [2.45, 2.75) is 77.0 Å². The van der Waals surface area contributed by atoms with E-state index in [1.165, 1.54) is 19.9 Å². The summed E-state index contributed by atoms with van der Waals surface area (Å²) in [5.74, 6) is -3.71. The Morgan fingerprint density at radius 2 is 1.88 bits per heavy atom. The van der Waals surface area contributed by atoms with Crippen LogP contribution >= 0.6 is 0 Å². The monoisotopic (exact) mass is 480 g/mol. The standard InChI is InChI=1S/C24H32O10/c1-6-15(11-30-13(3)26)23(29)32-18-9-24(5)8-7-17(31-14(4)27)16(10-25)20(34-24)21-19(18)12(2)22(28)33-21/h6,16-21,25H,2,7-11H2,1,3-5H3/b15-6+. The number of rotatable bonds is 6. The molecular weight excluding hydrogens is 448 g/mol. The third-order valence-corrected chi connectivity index (χ3v) is 6.72. The average Bonchev–Trinajstić information content (AvgIpc) is 2.89. The fourth-order valence-electron chi connectivity index (χ4n) is 5.02. The van der Waals surface area contributed by atoms with Crippen LogP contribution in [0.15, 0.2) is 23.8 Å². The van der Waals surface area contributed by atoms with Crippen molar-refractivity contribution < 1.29 is 48.0 Å². The van der Waals surface area contributed by atoms with Crippen LogP contribution in [0.4, 0.5) is 0 Å². The minimum absolute atomic E-state index is 0.143. The van der Waals surface area contributed by atoms with Gasteiger partial charge in [-0.25, -0.2) is 9.59 Å². The Morgan fingerprint density at radius 1 is 1.18 bits per heavy atom. The van der Waals surface area contributed by atoms with Gasteiger partial charge in [0, 0.05) is 31.8 Å². The lowest BCUT2D eigenvalue weighted by molar-refractivity contribution is -0.174. The number of carbonyl (C=O) groups excluding carboxylic acids is 4. The zero-order chi connectivity index (χ0) is 25.2. The van der Waals surface area contributed by atoms with Gasteiger partial charge >= 0.3 is 23.9 Å². The molecule has 0 aliphatic carbocycles. The molecule has 7 atom stereocenters. The van der Waals surface area contributed by atoms with E-state index in [-0.39, 0.29) is 30.8 Å². The van der Waals surface area contributed by atoms with Gasteiger partial charge in [0.25, 0.3) is 0 Å². The lowest BCUT2D eigenvalue weighted by Gasteiger charge is -2.34. The van der Waals surface area contributed by atoms with Crippen molar-refractivity contribution in [1.29, 1.82) is 0 Å². The van der Waals surface area contributed by atoms with Gasteiger partial charge in [-0.1, -0.05) is 12.7 Å². The Hall–Kier alpha value is -2.72. The summed E-state index contributed by atoms with van der Waals surface area (Å²) in [7, 11) is 0. The molecule has 0 spiro atoms. The molecule has 0 aromatic heterocycles. The van der Waals surface area contributed by atoms with Gasteiger partial charge in [0.05, 0.1) is 23.7 Å². The second kappa shape index (κ2) is 10.3. The summed E-state index contributed by atoms with van der Waals surface area (Å²) in [5.41, 5.74) is -0.522. The molecule has 3 fully saturated rings. The van der Waals surface area contributed by atoms with E-state index in [0.717, 1.165) is 0 Å². The SMILES string of the molecule is C=C1C(=O)OC2C3OC(C)(CCC(OC(C)=O)C3CO)CC(OC(=O)/C(=C/C)COC(C)=O)C12. The number of allylic oxidation sites excluding steroid dienone is 1. The van der Waals surface area contributed by atoms with Gasteiger partial charge in [-0.2, -0.15) is 0 Å². The summed E-state index contributed by atoms with van der Waals surface area (Å²) in [5, 5.41) is 10.2. The van der Waals surface area contributed by atoms with Gasteiger partial charge in [-0.05, 0) is 26.7 Å². The first-order valence-corrected chi connectivity index (χ1v) is 11.3. The Morgan fingerprint density at radius 3 is 2.47 bits per heavy atom. The van der Waals surface area contributed by atoms with Crippen molar-refractivity contribution in [1.82, 2.24) is 0 Å². The fraction of sp³-hybridized carbons (Fsp3) is 0.667. The van der Waals surface area contributed by atoms with Crippen molar-refractivity contribution in [3.05, 3.63) is 23.8 Å². The fourth-order valence-corrected chi connectivity index (χ4v) is 5.02. The molecule has 7 unspecified atom stereocenters. The van der Waals surface area contributed by atoms with Crippen LogP contribution in [-0.2, 0) is 42.9 Å². The summed E-state index contributed by atoms with van der Waals surface area (Å²) in [6.07, 6.45) is -0.549. The van der Waals surface area contributed by atoms with E-state index in [0.29, 0.717) is 12.8 Å². The number of esters is 4. The molecular formula is C24H32O10. The molecule has 188 valence electrons. The first-order valence-electron chi connectivity index (χ1n) is 11.3. The molecule has 0 aromatic carbocycles. The van der Waals surface area contributed by atoms with Crippen molar-refractivity contribution in [2.75, 3.05) is 13.2 Å². The summed E-state index contributed by atoms with van der Waals surface area (Å²) in [4.78, 5) is 48.3. The van der Waals surface area contributed by atoms with Gasteiger partial charge < -0.3 is 28.8 Å². The molecule has 2 bridgehead atoms. The van der Waals surface area contributed by atoms with E-state index in [1.54, 1.807) is 6.92 Å². The topological polar surface area (TPSA) is 135 Å². The number of hydrogen-bond donors (Lipinski definition) is 1. The number of aliphatic hydroxyl groups excluding tert-OH is 1. The van der Waals surface area contributed by atoms with E-state index in [1.807, 2.05) is 6.92 Å². The lowest BCUT2D eigenvalue weighted by Crippen LogP contribution is -2.47. The number of fused-ring (bicyclic) bond motifs is 4. The number of ether oxygens (including phenoxy) is 5. The molecule has 10 heteroatoms. The van der Waals surface area contributed by atoms with Crippen LogP contribution in [0.3, 0.4) is 0 Å². The molecule has 0 amide bonds. The number of hydrogen-bond acceptors (Lipinski definition) is 10. The molecule has 3 aliphatic rings. The maximum absolute atomic E-state index is 12.9. The largest absolute Gasteiger partial charge is 0.462 e. The summed E-state index contributed by atoms with van der Waals surface area (Å²) < 4.78 is 28.3. The van der Waals surface area contributed by atoms with Gasteiger partial charge in [0.1, 0.15) is 31.0 Å². The van der Waals surface area contributed by atoms with Crippen molar-refractivity contribution >= 4 is 23.9 Å². The highest BCUT2D eigenvalue weighted by Crippen LogP contribution is 2.48.